The number of aliphatic hydroxyl groups excluding tert-OH is 2. The molecule has 0 aliphatic carbocycles. The molecule has 0 aromatic heterocycles. The SMILES string of the molecule is CC(C)(C)c1ccc(C(O)(c2ccc(C(C)(C)C)cc2C(C)(C)C)[C@@H](O)[C@@H](O)C=O)c(C(C)(C)C)c1. The van der Waals surface area contributed by atoms with Crippen LogP contribution in [0.3, 0.4) is 0 Å². The second kappa shape index (κ2) is 9.70. The van der Waals surface area contributed by atoms with Crippen molar-refractivity contribution in [3.05, 3.63) is 69.8 Å². The number of aliphatic hydroxyl groups is 3. The Morgan fingerprint density at radius 1 is 0.583 bits per heavy atom. The summed E-state index contributed by atoms with van der Waals surface area (Å²) in [6, 6.07) is 11.8. The largest absolute Gasteiger partial charge is 0.386 e. The zero-order valence-electron chi connectivity index (χ0n) is 24.4. The van der Waals surface area contributed by atoms with Crippen molar-refractivity contribution in [2.75, 3.05) is 0 Å². The van der Waals surface area contributed by atoms with Gasteiger partial charge in [0.2, 0.25) is 0 Å². The summed E-state index contributed by atoms with van der Waals surface area (Å²) in [5.74, 6) is 0. The lowest BCUT2D eigenvalue weighted by Gasteiger charge is -2.42. The van der Waals surface area contributed by atoms with Gasteiger partial charge in [-0.15, -0.1) is 0 Å². The fraction of sp³-hybridized carbons (Fsp3) is 0.594. The lowest BCUT2D eigenvalue weighted by atomic mass is 9.67. The average Bonchev–Trinajstić information content (AvgIpc) is 2.74. The number of rotatable bonds is 5. The molecule has 0 radical (unpaired) electrons. The van der Waals surface area contributed by atoms with E-state index in [0.717, 1.165) is 22.3 Å². The first-order chi connectivity index (χ1) is 16.1. The number of hydrogen-bond donors (Lipinski definition) is 3. The summed E-state index contributed by atoms with van der Waals surface area (Å²) in [6.45, 7) is 25.2. The van der Waals surface area contributed by atoms with E-state index in [9.17, 15) is 20.1 Å². The van der Waals surface area contributed by atoms with Gasteiger partial charge in [-0.3, -0.25) is 0 Å². The second-order valence-electron chi connectivity index (χ2n) is 14.4. The third-order valence-electron chi connectivity index (χ3n) is 7.10. The smallest absolute Gasteiger partial charge is 0.151 e. The molecule has 200 valence electrons. The van der Waals surface area contributed by atoms with Crippen LogP contribution < -0.4 is 0 Å². The van der Waals surface area contributed by atoms with E-state index in [4.69, 9.17) is 0 Å². The van der Waals surface area contributed by atoms with Crippen molar-refractivity contribution < 1.29 is 20.1 Å². The molecule has 0 aliphatic rings. The first-order valence-corrected chi connectivity index (χ1v) is 12.9. The highest BCUT2D eigenvalue weighted by Gasteiger charge is 2.48. The van der Waals surface area contributed by atoms with E-state index in [0.29, 0.717) is 11.1 Å². The first-order valence-electron chi connectivity index (χ1n) is 12.9. The first kappa shape index (κ1) is 30.2. The number of benzene rings is 2. The van der Waals surface area contributed by atoms with Crippen LogP contribution in [-0.4, -0.2) is 33.8 Å². The van der Waals surface area contributed by atoms with E-state index in [1.807, 2.05) is 24.3 Å². The fourth-order valence-electron chi connectivity index (χ4n) is 4.71. The molecule has 0 unspecified atom stereocenters. The predicted octanol–water partition coefficient (Wildman–Crippen LogP) is 6.03. The monoisotopic (exact) mass is 496 g/mol. The van der Waals surface area contributed by atoms with Gasteiger partial charge in [0.1, 0.15) is 17.8 Å². The van der Waals surface area contributed by atoms with Crippen LogP contribution in [0, 0.1) is 0 Å². The Hall–Kier alpha value is -2.01. The Kier molecular flexibility index (Phi) is 8.14. The van der Waals surface area contributed by atoms with Gasteiger partial charge in [0, 0.05) is 0 Å². The number of carbonyl (C=O) groups excluding carboxylic acids is 1. The predicted molar refractivity (Wildman–Crippen MR) is 149 cm³/mol. The van der Waals surface area contributed by atoms with E-state index in [2.05, 4.69) is 95.2 Å². The lowest BCUT2D eigenvalue weighted by Crippen LogP contribution is -2.50. The maximum atomic E-state index is 12.6. The molecule has 0 fully saturated rings. The van der Waals surface area contributed by atoms with Crippen LogP contribution in [-0.2, 0) is 32.1 Å². The van der Waals surface area contributed by atoms with Gasteiger partial charge in [-0.05, 0) is 55.0 Å². The van der Waals surface area contributed by atoms with Crippen LogP contribution in [0.1, 0.15) is 116 Å². The molecule has 2 aromatic carbocycles. The summed E-state index contributed by atoms with van der Waals surface area (Å²) < 4.78 is 0. The Morgan fingerprint density at radius 3 is 1.17 bits per heavy atom. The Labute approximate surface area is 218 Å². The van der Waals surface area contributed by atoms with E-state index in [1.165, 1.54) is 0 Å². The molecule has 2 rings (SSSR count). The van der Waals surface area contributed by atoms with E-state index >= 15 is 0 Å². The van der Waals surface area contributed by atoms with Gasteiger partial charge < -0.3 is 20.1 Å². The molecule has 0 saturated carbocycles. The molecule has 0 heterocycles. The van der Waals surface area contributed by atoms with Crippen LogP contribution in [0.2, 0.25) is 0 Å². The zero-order chi connectivity index (χ0) is 28.1. The van der Waals surface area contributed by atoms with Crippen molar-refractivity contribution >= 4 is 6.29 Å². The van der Waals surface area contributed by atoms with Crippen molar-refractivity contribution in [1.29, 1.82) is 0 Å². The molecule has 0 saturated heterocycles. The van der Waals surface area contributed by atoms with E-state index in [1.54, 1.807) is 0 Å². The van der Waals surface area contributed by atoms with Gasteiger partial charge in [0.25, 0.3) is 0 Å². The van der Waals surface area contributed by atoms with Crippen molar-refractivity contribution in [3.63, 3.8) is 0 Å². The van der Waals surface area contributed by atoms with Crippen LogP contribution in [0.25, 0.3) is 0 Å². The van der Waals surface area contributed by atoms with Gasteiger partial charge in [0.15, 0.2) is 6.29 Å². The maximum absolute atomic E-state index is 12.6. The van der Waals surface area contributed by atoms with Crippen molar-refractivity contribution in [1.82, 2.24) is 0 Å². The minimum absolute atomic E-state index is 0.123. The molecule has 4 heteroatoms. The lowest BCUT2D eigenvalue weighted by molar-refractivity contribution is -0.136. The molecule has 0 bridgehead atoms. The quantitative estimate of drug-likeness (QED) is 0.442. The Bertz CT molecular complexity index is 1010. The maximum Gasteiger partial charge on any atom is 0.151 e. The minimum atomic E-state index is -2.03. The molecular weight excluding hydrogens is 448 g/mol. The normalized spacial score (nSPS) is 15.5. The summed E-state index contributed by atoms with van der Waals surface area (Å²) in [5, 5.41) is 34.6. The zero-order valence-corrected chi connectivity index (χ0v) is 24.4. The van der Waals surface area contributed by atoms with Crippen LogP contribution >= 0.6 is 0 Å². The number of hydrogen-bond acceptors (Lipinski definition) is 4. The average molecular weight is 497 g/mol. The van der Waals surface area contributed by atoms with Crippen LogP contribution in [0.15, 0.2) is 36.4 Å². The van der Waals surface area contributed by atoms with Crippen molar-refractivity contribution in [2.45, 2.75) is 123 Å². The van der Waals surface area contributed by atoms with Gasteiger partial charge in [-0.1, -0.05) is 119 Å². The van der Waals surface area contributed by atoms with Gasteiger partial charge in [-0.25, -0.2) is 0 Å². The third-order valence-corrected chi connectivity index (χ3v) is 7.10. The molecule has 0 spiro atoms. The summed E-state index contributed by atoms with van der Waals surface area (Å²) in [6.07, 6.45) is -3.24. The van der Waals surface area contributed by atoms with Crippen LogP contribution in [0.5, 0.6) is 0 Å². The van der Waals surface area contributed by atoms with Gasteiger partial charge in [-0.2, -0.15) is 0 Å². The Morgan fingerprint density at radius 2 is 0.917 bits per heavy atom. The molecule has 3 N–H and O–H groups in total. The summed E-state index contributed by atoms with van der Waals surface area (Å²) in [5.41, 5.74) is 1.85. The summed E-state index contributed by atoms with van der Waals surface area (Å²) in [4.78, 5) is 11.7. The number of carbonyl (C=O) groups is 1. The summed E-state index contributed by atoms with van der Waals surface area (Å²) >= 11 is 0. The fourth-order valence-corrected chi connectivity index (χ4v) is 4.71. The second-order valence-corrected chi connectivity index (χ2v) is 14.4. The molecule has 2 aromatic rings. The standard InChI is InChI=1S/C32H48O4/c1-28(2,3)20-13-15-22(24(17-20)30(7,8)9)32(36,27(35)26(34)19-33)23-16-14-21(29(4,5)6)18-25(23)31(10,11)12/h13-19,26-27,34-36H,1-12H3/t26-,27-/m0/s1. The molecular formula is C32H48O4. The molecule has 0 amide bonds. The minimum Gasteiger partial charge on any atom is -0.386 e. The Balaban J connectivity index is 3.10. The topological polar surface area (TPSA) is 77.8 Å². The van der Waals surface area contributed by atoms with Crippen molar-refractivity contribution in [3.8, 4) is 0 Å². The molecule has 4 nitrogen and oxygen atoms in total. The molecule has 0 aliphatic heterocycles. The summed E-state index contributed by atoms with van der Waals surface area (Å²) in [7, 11) is 0. The number of aldehydes is 1. The van der Waals surface area contributed by atoms with Gasteiger partial charge >= 0.3 is 0 Å². The molecule has 2 atom stereocenters. The van der Waals surface area contributed by atoms with E-state index in [-0.39, 0.29) is 27.9 Å². The highest BCUT2D eigenvalue weighted by molar-refractivity contribution is 5.60. The van der Waals surface area contributed by atoms with Crippen LogP contribution in [0.4, 0.5) is 0 Å². The van der Waals surface area contributed by atoms with E-state index < -0.39 is 17.8 Å². The third kappa shape index (κ3) is 5.93. The highest BCUT2D eigenvalue weighted by Crippen LogP contribution is 2.45. The molecule has 36 heavy (non-hydrogen) atoms. The van der Waals surface area contributed by atoms with Gasteiger partial charge in [0.05, 0.1) is 0 Å². The van der Waals surface area contributed by atoms with Crippen molar-refractivity contribution in [2.24, 2.45) is 0 Å². The highest BCUT2D eigenvalue weighted by atomic mass is 16.4.